The highest BCUT2D eigenvalue weighted by Crippen LogP contribution is 2.14. The van der Waals surface area contributed by atoms with Gasteiger partial charge in [-0.1, -0.05) is 18.2 Å². The highest BCUT2D eigenvalue weighted by molar-refractivity contribution is 5.78. The monoisotopic (exact) mass is 321 g/mol. The van der Waals surface area contributed by atoms with Crippen LogP contribution in [0.5, 0.6) is 0 Å². The number of benzene rings is 1. The number of hydrogen-bond acceptors (Lipinski definition) is 5. The van der Waals surface area contributed by atoms with E-state index in [9.17, 15) is 4.79 Å². The van der Waals surface area contributed by atoms with Gasteiger partial charge in [-0.25, -0.2) is 4.98 Å². The molecule has 2 aromatic heterocycles. The molecule has 0 atom stereocenters. The van der Waals surface area contributed by atoms with Gasteiger partial charge < -0.3 is 4.90 Å². The van der Waals surface area contributed by atoms with Crippen LogP contribution in [0, 0.1) is 0 Å². The van der Waals surface area contributed by atoms with Crippen LogP contribution in [-0.4, -0.2) is 46.0 Å². The zero-order valence-electron chi connectivity index (χ0n) is 13.4. The summed E-state index contributed by atoms with van der Waals surface area (Å²) in [6.45, 7) is 4.39. The third-order valence-corrected chi connectivity index (χ3v) is 4.38. The van der Waals surface area contributed by atoms with Crippen LogP contribution in [-0.2, 0) is 6.54 Å². The van der Waals surface area contributed by atoms with Crippen LogP contribution >= 0.6 is 0 Å². The van der Waals surface area contributed by atoms with Crippen LogP contribution in [0.25, 0.3) is 10.9 Å². The van der Waals surface area contributed by atoms with Crippen molar-refractivity contribution < 1.29 is 0 Å². The van der Waals surface area contributed by atoms with Crippen molar-refractivity contribution in [2.45, 2.75) is 6.54 Å². The summed E-state index contributed by atoms with van der Waals surface area (Å²) in [7, 11) is 0. The van der Waals surface area contributed by atoms with E-state index in [4.69, 9.17) is 0 Å². The third-order valence-electron chi connectivity index (χ3n) is 4.38. The number of para-hydroxylation sites is 1. The molecule has 0 bridgehead atoms. The second-order valence-corrected chi connectivity index (χ2v) is 5.99. The summed E-state index contributed by atoms with van der Waals surface area (Å²) < 4.78 is 0. The highest BCUT2D eigenvalue weighted by atomic mass is 16.1. The predicted molar refractivity (Wildman–Crippen MR) is 94.1 cm³/mol. The number of anilines is 1. The van der Waals surface area contributed by atoms with Gasteiger partial charge in [-0.3, -0.25) is 19.7 Å². The zero-order chi connectivity index (χ0) is 16.4. The Morgan fingerprint density at radius 3 is 2.58 bits per heavy atom. The molecule has 1 N–H and O–H groups in total. The van der Waals surface area contributed by atoms with E-state index in [0.717, 1.165) is 43.9 Å². The lowest BCUT2D eigenvalue weighted by Crippen LogP contribution is -2.47. The Labute approximate surface area is 139 Å². The molecule has 24 heavy (non-hydrogen) atoms. The van der Waals surface area contributed by atoms with Crippen molar-refractivity contribution in [1.29, 1.82) is 0 Å². The molecule has 0 unspecified atom stereocenters. The molecule has 0 aliphatic carbocycles. The van der Waals surface area contributed by atoms with Crippen molar-refractivity contribution in [1.82, 2.24) is 19.9 Å². The number of piperazine rings is 1. The summed E-state index contributed by atoms with van der Waals surface area (Å²) in [5.41, 5.74) is 1.75. The van der Waals surface area contributed by atoms with Crippen molar-refractivity contribution >= 4 is 16.9 Å². The van der Waals surface area contributed by atoms with Crippen molar-refractivity contribution in [2.24, 2.45) is 0 Å². The molecule has 1 aliphatic rings. The summed E-state index contributed by atoms with van der Waals surface area (Å²) in [6.07, 6.45) is 1.83. The topological polar surface area (TPSA) is 65.1 Å². The molecule has 1 saturated heterocycles. The van der Waals surface area contributed by atoms with E-state index in [1.807, 2.05) is 36.5 Å². The summed E-state index contributed by atoms with van der Waals surface area (Å²) in [6, 6.07) is 13.4. The van der Waals surface area contributed by atoms with Gasteiger partial charge in [-0.15, -0.1) is 0 Å². The first kappa shape index (κ1) is 14.8. The number of nitrogens with one attached hydrogen (secondary N) is 1. The molecule has 122 valence electrons. The number of nitrogens with zero attached hydrogens (tertiary/aromatic N) is 4. The number of fused-ring (bicyclic) bond motifs is 1. The second-order valence-electron chi connectivity index (χ2n) is 5.99. The molecule has 0 amide bonds. The Hall–Kier alpha value is -2.73. The number of aromatic nitrogens is 3. The highest BCUT2D eigenvalue weighted by Gasteiger charge is 2.19. The van der Waals surface area contributed by atoms with Crippen molar-refractivity contribution in [3.63, 3.8) is 0 Å². The minimum atomic E-state index is -0.0773. The number of rotatable bonds is 3. The van der Waals surface area contributed by atoms with Crippen LogP contribution in [0.2, 0.25) is 0 Å². The lowest BCUT2D eigenvalue weighted by Gasteiger charge is -2.34. The lowest BCUT2D eigenvalue weighted by atomic mass is 10.2. The molecule has 3 heterocycles. The standard InChI is InChI=1S/C18H19N5O/c24-17-15-6-1-2-7-16(15)20-18(21-17)23-11-9-22(10-12-23)13-14-5-3-4-8-19-14/h1-8H,9-13H2,(H,20,21,24). The minimum Gasteiger partial charge on any atom is -0.340 e. The van der Waals surface area contributed by atoms with Crippen LogP contribution < -0.4 is 10.5 Å². The summed E-state index contributed by atoms with van der Waals surface area (Å²) in [5, 5.41) is 0.634. The van der Waals surface area contributed by atoms with E-state index in [1.165, 1.54) is 0 Å². The summed E-state index contributed by atoms with van der Waals surface area (Å²) >= 11 is 0. The van der Waals surface area contributed by atoms with Crippen molar-refractivity contribution in [3.05, 3.63) is 64.7 Å². The van der Waals surface area contributed by atoms with Gasteiger partial charge in [0.15, 0.2) is 0 Å². The second kappa shape index (κ2) is 6.41. The van der Waals surface area contributed by atoms with Crippen LogP contribution in [0.15, 0.2) is 53.5 Å². The maximum atomic E-state index is 12.2. The molecule has 6 heteroatoms. The maximum absolute atomic E-state index is 12.2. The molecule has 1 aromatic carbocycles. The Bertz CT molecular complexity index is 885. The van der Waals surface area contributed by atoms with Gasteiger partial charge >= 0.3 is 0 Å². The molecule has 3 aromatic rings. The number of aromatic amines is 1. The van der Waals surface area contributed by atoms with E-state index >= 15 is 0 Å². The van der Waals surface area contributed by atoms with E-state index in [2.05, 4.69) is 30.8 Å². The van der Waals surface area contributed by atoms with E-state index < -0.39 is 0 Å². The minimum absolute atomic E-state index is 0.0773. The molecule has 4 rings (SSSR count). The van der Waals surface area contributed by atoms with Gasteiger partial charge in [-0.05, 0) is 24.3 Å². The summed E-state index contributed by atoms with van der Waals surface area (Å²) in [5.74, 6) is 0.663. The van der Waals surface area contributed by atoms with Gasteiger partial charge in [-0.2, -0.15) is 0 Å². The number of H-pyrrole nitrogens is 1. The van der Waals surface area contributed by atoms with Gasteiger partial charge in [0.25, 0.3) is 5.56 Å². The van der Waals surface area contributed by atoms with E-state index in [0.29, 0.717) is 11.3 Å². The quantitative estimate of drug-likeness (QED) is 0.794. The van der Waals surface area contributed by atoms with Crippen molar-refractivity contribution in [3.8, 4) is 0 Å². The van der Waals surface area contributed by atoms with Crippen LogP contribution in [0.4, 0.5) is 5.95 Å². The molecule has 0 spiro atoms. The predicted octanol–water partition coefficient (Wildman–Crippen LogP) is 1.64. The average molecular weight is 321 g/mol. The molecule has 0 saturated carbocycles. The molecular formula is C18H19N5O. The Morgan fingerprint density at radius 2 is 1.79 bits per heavy atom. The molecule has 0 radical (unpaired) electrons. The fraction of sp³-hybridized carbons (Fsp3) is 0.278. The molecule has 6 nitrogen and oxygen atoms in total. The third kappa shape index (κ3) is 3.00. The van der Waals surface area contributed by atoms with Crippen LogP contribution in [0.3, 0.4) is 0 Å². The normalized spacial score (nSPS) is 15.8. The lowest BCUT2D eigenvalue weighted by molar-refractivity contribution is 0.246. The Kier molecular flexibility index (Phi) is 3.96. The molecule has 1 aliphatic heterocycles. The van der Waals surface area contributed by atoms with Gasteiger partial charge in [0.05, 0.1) is 16.6 Å². The van der Waals surface area contributed by atoms with Gasteiger partial charge in [0.2, 0.25) is 5.95 Å². The zero-order valence-corrected chi connectivity index (χ0v) is 13.4. The molecular weight excluding hydrogens is 302 g/mol. The molecule has 1 fully saturated rings. The maximum Gasteiger partial charge on any atom is 0.260 e. The largest absolute Gasteiger partial charge is 0.340 e. The van der Waals surface area contributed by atoms with Crippen molar-refractivity contribution in [2.75, 3.05) is 31.1 Å². The van der Waals surface area contributed by atoms with E-state index in [-0.39, 0.29) is 5.56 Å². The summed E-state index contributed by atoms with van der Waals surface area (Å²) in [4.78, 5) is 28.6. The van der Waals surface area contributed by atoms with E-state index in [1.54, 1.807) is 6.07 Å². The number of hydrogen-bond donors (Lipinski definition) is 1. The first-order chi connectivity index (χ1) is 11.8. The first-order valence-corrected chi connectivity index (χ1v) is 8.16. The van der Waals surface area contributed by atoms with Crippen LogP contribution in [0.1, 0.15) is 5.69 Å². The fourth-order valence-corrected chi connectivity index (χ4v) is 3.06. The Morgan fingerprint density at radius 1 is 1.00 bits per heavy atom. The fourth-order valence-electron chi connectivity index (χ4n) is 3.06. The average Bonchev–Trinajstić information content (AvgIpc) is 2.63. The Balaban J connectivity index is 1.47. The SMILES string of the molecule is O=c1[nH]c(N2CCN(Cc3ccccn3)CC2)nc2ccccc12. The van der Waals surface area contributed by atoms with Gasteiger partial charge in [0.1, 0.15) is 0 Å². The number of pyridine rings is 1. The first-order valence-electron chi connectivity index (χ1n) is 8.16. The van der Waals surface area contributed by atoms with Gasteiger partial charge in [0, 0.05) is 38.9 Å². The smallest absolute Gasteiger partial charge is 0.260 e.